The molecule has 0 spiro atoms. The Morgan fingerprint density at radius 2 is 1.71 bits per heavy atom. The summed E-state index contributed by atoms with van der Waals surface area (Å²) < 4.78 is 73.7. The van der Waals surface area contributed by atoms with Crippen molar-refractivity contribution in [3.8, 4) is 5.88 Å². The zero-order chi connectivity index (χ0) is 22.2. The van der Waals surface area contributed by atoms with E-state index in [0.29, 0.717) is 21.0 Å². The third-order valence-corrected chi connectivity index (χ3v) is 5.44. The quantitative estimate of drug-likeness (QED) is 0.410. The van der Waals surface area contributed by atoms with Crippen molar-refractivity contribution in [3.63, 3.8) is 0 Å². The Hall–Kier alpha value is -3.32. The van der Waals surface area contributed by atoms with Crippen molar-refractivity contribution < 1.29 is 30.5 Å². The first-order valence-electron chi connectivity index (χ1n) is 8.75. The molecule has 0 aliphatic carbocycles. The summed E-state index contributed by atoms with van der Waals surface area (Å²) in [4.78, 5) is 4.19. The fourth-order valence-electron chi connectivity index (χ4n) is 2.91. The van der Waals surface area contributed by atoms with Crippen molar-refractivity contribution in [2.75, 3.05) is 7.11 Å². The highest BCUT2D eigenvalue weighted by Crippen LogP contribution is 2.32. The van der Waals surface area contributed by atoms with Gasteiger partial charge in [-0.3, -0.25) is 9.17 Å². The highest BCUT2D eigenvalue weighted by Gasteiger charge is 2.38. The molecular weight excluding hydrogens is 439 g/mol. The average Bonchev–Trinajstić information content (AvgIpc) is 3.17. The van der Waals surface area contributed by atoms with E-state index in [4.69, 9.17) is 4.74 Å². The van der Waals surface area contributed by atoms with Gasteiger partial charge in [-0.05, 0) is 18.2 Å². The van der Waals surface area contributed by atoms with Crippen LogP contribution in [0, 0.1) is 0 Å². The number of pyridine rings is 1. The Labute approximate surface area is 173 Å². The Kier molecular flexibility index (Phi) is 5.23. The minimum absolute atomic E-state index is 0.0554. The second-order valence-corrected chi connectivity index (χ2v) is 8.12. The summed E-state index contributed by atoms with van der Waals surface area (Å²) >= 11 is 0. The van der Waals surface area contributed by atoms with Crippen LogP contribution in [0.1, 0.15) is 17.2 Å². The summed E-state index contributed by atoms with van der Waals surface area (Å²) in [6, 6.07) is 11.2. The molecule has 0 amide bonds. The van der Waals surface area contributed by atoms with Crippen LogP contribution in [-0.4, -0.2) is 40.3 Å². The Bertz CT molecular complexity index is 1370. The van der Waals surface area contributed by atoms with Crippen LogP contribution in [0.4, 0.5) is 13.2 Å². The van der Waals surface area contributed by atoms with Crippen LogP contribution in [-0.2, 0) is 32.8 Å². The van der Waals surface area contributed by atoms with Crippen molar-refractivity contribution in [1.29, 1.82) is 0 Å². The van der Waals surface area contributed by atoms with E-state index in [2.05, 4.69) is 24.5 Å². The number of fused-ring (bicyclic) bond motifs is 3. The first-order valence-corrected chi connectivity index (χ1v) is 10.3. The van der Waals surface area contributed by atoms with Gasteiger partial charge in [0.1, 0.15) is 12.4 Å². The number of benzene rings is 1. The van der Waals surface area contributed by atoms with Gasteiger partial charge in [-0.25, -0.2) is 0 Å². The van der Waals surface area contributed by atoms with Gasteiger partial charge in [0, 0.05) is 10.8 Å². The second kappa shape index (κ2) is 7.74. The fraction of sp³-hybridized carbons (Fsp3) is 0.222. The molecule has 4 aromatic rings. The lowest BCUT2D eigenvalue weighted by molar-refractivity contribution is -0.146. The van der Waals surface area contributed by atoms with Crippen LogP contribution in [0.5, 0.6) is 5.88 Å². The first kappa shape index (κ1) is 20.9. The third-order valence-electron chi connectivity index (χ3n) is 4.28. The molecule has 3 heterocycles. The largest absolute Gasteiger partial charge is 0.470 e. The molecule has 0 atom stereocenters. The van der Waals surface area contributed by atoms with E-state index in [1.165, 1.54) is 6.07 Å². The maximum atomic E-state index is 13.3. The van der Waals surface area contributed by atoms with Crippen molar-refractivity contribution in [2.24, 2.45) is 0 Å². The van der Waals surface area contributed by atoms with Gasteiger partial charge >= 0.3 is 6.18 Å². The zero-order valence-corrected chi connectivity index (χ0v) is 16.7. The lowest BCUT2D eigenvalue weighted by Crippen LogP contribution is -2.13. The van der Waals surface area contributed by atoms with Gasteiger partial charge in [-0.15, -0.1) is 15.3 Å². The monoisotopic (exact) mass is 453 g/mol. The van der Waals surface area contributed by atoms with Crippen LogP contribution >= 0.6 is 0 Å². The van der Waals surface area contributed by atoms with Crippen molar-refractivity contribution in [3.05, 3.63) is 59.7 Å². The molecule has 0 radical (unpaired) electrons. The topological polar surface area (TPSA) is 109 Å². The lowest BCUT2D eigenvalue weighted by Gasteiger charge is -2.11. The lowest BCUT2D eigenvalue weighted by atomic mass is 10.2. The number of aromatic nitrogens is 5. The van der Waals surface area contributed by atoms with Gasteiger partial charge in [0.2, 0.25) is 5.88 Å². The molecule has 0 saturated heterocycles. The van der Waals surface area contributed by atoms with E-state index in [-0.39, 0.29) is 23.8 Å². The van der Waals surface area contributed by atoms with E-state index in [1.54, 1.807) is 36.4 Å². The molecule has 0 aliphatic heterocycles. The molecule has 3 aromatic heterocycles. The predicted molar refractivity (Wildman–Crippen MR) is 101 cm³/mol. The van der Waals surface area contributed by atoms with Crippen molar-refractivity contribution in [2.45, 2.75) is 18.5 Å². The molecule has 0 saturated carbocycles. The Balaban J connectivity index is 1.70. The van der Waals surface area contributed by atoms with E-state index < -0.39 is 27.9 Å². The molecule has 0 bridgehead atoms. The van der Waals surface area contributed by atoms with Crippen LogP contribution in [0.3, 0.4) is 0 Å². The molecule has 1 aromatic carbocycles. The molecule has 4 rings (SSSR count). The normalized spacial score (nSPS) is 12.5. The molecule has 162 valence electrons. The van der Waals surface area contributed by atoms with Gasteiger partial charge in [0.15, 0.2) is 5.65 Å². The van der Waals surface area contributed by atoms with Crippen LogP contribution in [0.2, 0.25) is 0 Å². The van der Waals surface area contributed by atoms with Crippen LogP contribution in [0.25, 0.3) is 16.4 Å². The summed E-state index contributed by atoms with van der Waals surface area (Å²) in [6.07, 6.45) is -4.76. The maximum Gasteiger partial charge on any atom is 0.453 e. The SMILES string of the molecule is COS(=O)(=O)Cc1cccc(COc2nn3c(C(F)(F)F)nnc3c3ccccc23)n1. The number of ether oxygens (including phenoxy) is 1. The zero-order valence-electron chi connectivity index (χ0n) is 15.9. The van der Waals surface area contributed by atoms with Gasteiger partial charge in [0.05, 0.1) is 18.5 Å². The summed E-state index contributed by atoms with van der Waals surface area (Å²) in [6.45, 7) is -0.160. The number of nitrogens with zero attached hydrogens (tertiary/aromatic N) is 5. The highest BCUT2D eigenvalue weighted by molar-refractivity contribution is 7.85. The van der Waals surface area contributed by atoms with E-state index >= 15 is 0 Å². The minimum Gasteiger partial charge on any atom is -0.470 e. The number of halogens is 3. The molecular formula is C18H14F3N5O4S. The maximum absolute atomic E-state index is 13.3. The summed E-state index contributed by atoms with van der Waals surface area (Å²) in [5.41, 5.74) is 0.532. The van der Waals surface area contributed by atoms with Gasteiger partial charge in [0.25, 0.3) is 15.9 Å². The van der Waals surface area contributed by atoms with E-state index in [9.17, 15) is 21.6 Å². The summed E-state index contributed by atoms with van der Waals surface area (Å²) in [5, 5.41) is 11.6. The first-order chi connectivity index (χ1) is 14.7. The van der Waals surface area contributed by atoms with Crippen molar-refractivity contribution in [1.82, 2.24) is 24.8 Å². The molecule has 9 nitrogen and oxygen atoms in total. The molecule has 0 fully saturated rings. The van der Waals surface area contributed by atoms with Crippen molar-refractivity contribution >= 4 is 26.5 Å². The second-order valence-electron chi connectivity index (χ2n) is 6.39. The van der Waals surface area contributed by atoms with Gasteiger partial charge < -0.3 is 4.74 Å². The standard InChI is InChI=1S/C18H14F3N5O4S/c1-29-31(27,28)10-12-6-4-5-11(22-12)9-30-16-14-8-3-2-7-13(14)15-23-24-17(18(19,20)21)26(15)25-16/h2-8H,9-10H2,1H3. The molecule has 13 heteroatoms. The Morgan fingerprint density at radius 3 is 2.42 bits per heavy atom. The molecule has 0 N–H and O–H groups in total. The molecule has 0 aliphatic rings. The van der Waals surface area contributed by atoms with E-state index in [0.717, 1.165) is 7.11 Å². The summed E-state index contributed by atoms with van der Waals surface area (Å²) in [5.74, 6) is -1.78. The molecule has 31 heavy (non-hydrogen) atoms. The number of rotatable bonds is 6. The van der Waals surface area contributed by atoms with E-state index in [1.807, 2.05) is 0 Å². The van der Waals surface area contributed by atoms with Crippen LogP contribution < -0.4 is 4.74 Å². The number of alkyl halides is 3. The third kappa shape index (κ3) is 4.27. The molecule has 0 unspecified atom stereocenters. The number of hydrogen-bond donors (Lipinski definition) is 0. The van der Waals surface area contributed by atoms with Gasteiger partial charge in [-0.1, -0.05) is 24.3 Å². The Morgan fingerprint density at radius 1 is 1.00 bits per heavy atom. The minimum atomic E-state index is -4.76. The van der Waals surface area contributed by atoms with Gasteiger partial charge in [-0.2, -0.15) is 26.1 Å². The predicted octanol–water partition coefficient (Wildman–Crippen LogP) is 2.75. The smallest absolute Gasteiger partial charge is 0.453 e. The summed E-state index contributed by atoms with van der Waals surface area (Å²) in [7, 11) is -2.71. The average molecular weight is 453 g/mol. The number of hydrogen-bond acceptors (Lipinski definition) is 8. The fourth-order valence-corrected chi connectivity index (χ4v) is 3.55. The highest BCUT2D eigenvalue weighted by atomic mass is 32.2. The van der Waals surface area contributed by atoms with Crippen LogP contribution in [0.15, 0.2) is 42.5 Å².